The van der Waals surface area contributed by atoms with Crippen LogP contribution in [0.5, 0.6) is 5.75 Å². The van der Waals surface area contributed by atoms with Crippen LogP contribution >= 0.6 is 0 Å². The zero-order valence-electron chi connectivity index (χ0n) is 14.1. The number of carbonyl (C=O) groups excluding carboxylic acids is 1. The minimum atomic E-state index is 0.0602. The summed E-state index contributed by atoms with van der Waals surface area (Å²) in [6, 6.07) is 15.4. The number of amides is 1. The maximum Gasteiger partial charge on any atom is 0.254 e. The maximum atomic E-state index is 13.1. The van der Waals surface area contributed by atoms with Crippen molar-refractivity contribution in [1.29, 1.82) is 0 Å². The monoisotopic (exact) mass is 324 g/mol. The van der Waals surface area contributed by atoms with E-state index in [-0.39, 0.29) is 11.9 Å². The molecule has 3 rings (SSSR count). The standard InChI is InChI=1S/C20H24N2O2/c1-24-18-11-9-15(10-12-18)19-8-3-2-4-13-22(19)20(23)16-6-5-7-17(21)14-16/h5-7,9-12,14,19H,2-4,8,13,21H2,1H3. The Kier molecular flexibility index (Phi) is 5.04. The van der Waals surface area contributed by atoms with E-state index in [1.165, 1.54) is 0 Å². The number of rotatable bonds is 3. The number of nitrogens with zero attached hydrogens (tertiary/aromatic N) is 1. The molecule has 2 N–H and O–H groups in total. The summed E-state index contributed by atoms with van der Waals surface area (Å²) in [7, 11) is 1.66. The molecule has 0 radical (unpaired) electrons. The highest BCUT2D eigenvalue weighted by Crippen LogP contribution is 2.32. The molecule has 2 aromatic rings. The fraction of sp³-hybridized carbons (Fsp3) is 0.350. The third-order valence-corrected chi connectivity index (χ3v) is 4.65. The van der Waals surface area contributed by atoms with Crippen LogP contribution in [0.1, 0.15) is 47.6 Å². The van der Waals surface area contributed by atoms with E-state index >= 15 is 0 Å². The second-order valence-corrected chi connectivity index (χ2v) is 6.26. The number of hydrogen-bond donors (Lipinski definition) is 1. The Labute approximate surface area is 143 Å². The summed E-state index contributed by atoms with van der Waals surface area (Å²) < 4.78 is 5.24. The summed E-state index contributed by atoms with van der Waals surface area (Å²) in [4.78, 5) is 15.1. The second-order valence-electron chi connectivity index (χ2n) is 6.26. The summed E-state index contributed by atoms with van der Waals surface area (Å²) in [5, 5.41) is 0. The van der Waals surface area contributed by atoms with Gasteiger partial charge in [-0.1, -0.05) is 31.0 Å². The number of likely N-dealkylation sites (tertiary alicyclic amines) is 1. The smallest absolute Gasteiger partial charge is 0.254 e. The van der Waals surface area contributed by atoms with E-state index < -0.39 is 0 Å². The van der Waals surface area contributed by atoms with Crippen LogP contribution in [0.15, 0.2) is 48.5 Å². The third kappa shape index (κ3) is 3.53. The highest BCUT2D eigenvalue weighted by Gasteiger charge is 2.27. The quantitative estimate of drug-likeness (QED) is 0.867. The summed E-state index contributed by atoms with van der Waals surface area (Å²) in [6.07, 6.45) is 4.33. The molecule has 1 amide bonds. The van der Waals surface area contributed by atoms with Crippen LogP contribution in [0.2, 0.25) is 0 Å². The molecule has 1 fully saturated rings. The van der Waals surface area contributed by atoms with Crippen LogP contribution < -0.4 is 10.5 Å². The number of ether oxygens (including phenoxy) is 1. The molecule has 1 heterocycles. The number of carbonyl (C=O) groups is 1. The normalized spacial score (nSPS) is 18.0. The molecule has 126 valence electrons. The summed E-state index contributed by atoms with van der Waals surface area (Å²) >= 11 is 0. The Hall–Kier alpha value is -2.49. The van der Waals surface area contributed by atoms with Crippen molar-refractivity contribution in [1.82, 2.24) is 4.90 Å². The molecule has 2 aromatic carbocycles. The minimum Gasteiger partial charge on any atom is -0.497 e. The minimum absolute atomic E-state index is 0.0602. The number of methoxy groups -OCH3 is 1. The molecule has 4 heteroatoms. The first-order valence-corrected chi connectivity index (χ1v) is 8.49. The van der Waals surface area contributed by atoms with E-state index in [1.807, 2.05) is 29.2 Å². The molecule has 4 nitrogen and oxygen atoms in total. The highest BCUT2D eigenvalue weighted by atomic mass is 16.5. The molecular formula is C20H24N2O2. The van der Waals surface area contributed by atoms with Gasteiger partial charge in [0, 0.05) is 17.8 Å². The SMILES string of the molecule is COc1ccc(C2CCCCCN2C(=O)c2cccc(N)c2)cc1. The number of anilines is 1. The Morgan fingerprint density at radius 1 is 1.12 bits per heavy atom. The van der Waals surface area contributed by atoms with Gasteiger partial charge in [-0.3, -0.25) is 4.79 Å². The van der Waals surface area contributed by atoms with Crippen molar-refractivity contribution in [2.75, 3.05) is 19.4 Å². The molecule has 1 unspecified atom stereocenters. The van der Waals surface area contributed by atoms with Gasteiger partial charge < -0.3 is 15.4 Å². The van der Waals surface area contributed by atoms with Gasteiger partial charge in [0.2, 0.25) is 0 Å². The van der Waals surface area contributed by atoms with Crippen LogP contribution in [-0.4, -0.2) is 24.5 Å². The average Bonchev–Trinajstić information content (AvgIpc) is 2.87. The lowest BCUT2D eigenvalue weighted by Gasteiger charge is -2.31. The second kappa shape index (κ2) is 7.39. The first kappa shape index (κ1) is 16.4. The van der Waals surface area contributed by atoms with Crippen molar-refractivity contribution in [3.05, 3.63) is 59.7 Å². The molecule has 0 aliphatic carbocycles. The van der Waals surface area contributed by atoms with E-state index in [9.17, 15) is 4.79 Å². The van der Waals surface area contributed by atoms with Crippen molar-refractivity contribution >= 4 is 11.6 Å². The predicted octanol–water partition coefficient (Wildman–Crippen LogP) is 4.03. The Balaban J connectivity index is 1.90. The fourth-order valence-corrected chi connectivity index (χ4v) is 3.36. The van der Waals surface area contributed by atoms with Gasteiger partial charge in [0.1, 0.15) is 5.75 Å². The Bertz CT molecular complexity index is 697. The van der Waals surface area contributed by atoms with Crippen LogP contribution in [0.3, 0.4) is 0 Å². The van der Waals surface area contributed by atoms with Gasteiger partial charge in [0.05, 0.1) is 13.2 Å². The van der Waals surface area contributed by atoms with E-state index in [0.29, 0.717) is 11.3 Å². The summed E-state index contributed by atoms with van der Waals surface area (Å²) in [6.45, 7) is 0.782. The van der Waals surface area contributed by atoms with Gasteiger partial charge in [-0.15, -0.1) is 0 Å². The van der Waals surface area contributed by atoms with Crippen molar-refractivity contribution < 1.29 is 9.53 Å². The first-order chi connectivity index (χ1) is 11.7. The van der Waals surface area contributed by atoms with Crippen LogP contribution in [0.4, 0.5) is 5.69 Å². The van der Waals surface area contributed by atoms with Gasteiger partial charge in [-0.25, -0.2) is 0 Å². The summed E-state index contributed by atoms with van der Waals surface area (Å²) in [5.41, 5.74) is 8.30. The van der Waals surface area contributed by atoms with Gasteiger partial charge in [0.25, 0.3) is 5.91 Å². The third-order valence-electron chi connectivity index (χ3n) is 4.65. The summed E-state index contributed by atoms with van der Waals surface area (Å²) in [5.74, 6) is 0.895. The molecule has 0 aromatic heterocycles. The van der Waals surface area contributed by atoms with Gasteiger partial charge in [-0.05, 0) is 48.7 Å². The largest absolute Gasteiger partial charge is 0.497 e. The van der Waals surface area contributed by atoms with Gasteiger partial charge >= 0.3 is 0 Å². The molecular weight excluding hydrogens is 300 g/mol. The van der Waals surface area contributed by atoms with E-state index in [1.54, 1.807) is 19.2 Å². The van der Waals surface area contributed by atoms with E-state index in [2.05, 4.69) is 12.1 Å². The molecule has 0 spiro atoms. The number of hydrogen-bond acceptors (Lipinski definition) is 3. The Morgan fingerprint density at radius 2 is 1.92 bits per heavy atom. The Morgan fingerprint density at radius 3 is 2.62 bits per heavy atom. The van der Waals surface area contributed by atoms with Crippen molar-refractivity contribution in [2.45, 2.75) is 31.7 Å². The van der Waals surface area contributed by atoms with Crippen molar-refractivity contribution in [3.63, 3.8) is 0 Å². The van der Waals surface area contributed by atoms with Crippen molar-refractivity contribution in [3.8, 4) is 5.75 Å². The van der Waals surface area contributed by atoms with Crippen molar-refractivity contribution in [2.24, 2.45) is 0 Å². The lowest BCUT2D eigenvalue weighted by Crippen LogP contribution is -2.34. The molecule has 1 aliphatic heterocycles. The van der Waals surface area contributed by atoms with Crippen LogP contribution in [-0.2, 0) is 0 Å². The number of nitrogen functional groups attached to an aromatic ring is 1. The zero-order valence-corrected chi connectivity index (χ0v) is 14.1. The molecule has 1 atom stereocenters. The highest BCUT2D eigenvalue weighted by molar-refractivity contribution is 5.95. The predicted molar refractivity (Wildman–Crippen MR) is 96.1 cm³/mol. The molecule has 0 bridgehead atoms. The zero-order chi connectivity index (χ0) is 16.9. The van der Waals surface area contributed by atoms with Crippen LogP contribution in [0, 0.1) is 0 Å². The van der Waals surface area contributed by atoms with E-state index in [0.717, 1.165) is 43.5 Å². The van der Waals surface area contributed by atoms with Gasteiger partial charge in [-0.2, -0.15) is 0 Å². The lowest BCUT2D eigenvalue weighted by atomic mass is 10.00. The maximum absolute atomic E-state index is 13.1. The lowest BCUT2D eigenvalue weighted by molar-refractivity contribution is 0.0681. The molecule has 24 heavy (non-hydrogen) atoms. The van der Waals surface area contributed by atoms with Crippen LogP contribution in [0.25, 0.3) is 0 Å². The topological polar surface area (TPSA) is 55.6 Å². The molecule has 1 aliphatic rings. The van der Waals surface area contributed by atoms with E-state index in [4.69, 9.17) is 10.5 Å². The first-order valence-electron chi connectivity index (χ1n) is 8.49. The number of benzene rings is 2. The fourth-order valence-electron chi connectivity index (χ4n) is 3.36. The van der Waals surface area contributed by atoms with Gasteiger partial charge in [0.15, 0.2) is 0 Å². The molecule has 1 saturated heterocycles. The average molecular weight is 324 g/mol. The molecule has 0 saturated carbocycles. The number of nitrogens with two attached hydrogens (primary N) is 1.